The molecule has 0 bridgehead atoms. The van der Waals surface area contributed by atoms with Gasteiger partial charge in [-0.3, -0.25) is 15.1 Å². The summed E-state index contributed by atoms with van der Waals surface area (Å²) in [6, 6.07) is 13.4. The van der Waals surface area contributed by atoms with Crippen LogP contribution in [-0.4, -0.2) is 35.6 Å². The molecule has 8 heteroatoms. The molecule has 1 atom stereocenters. The number of hydrogen-bond donors (Lipinski definition) is 1. The number of hydrazone groups is 1. The van der Waals surface area contributed by atoms with Crippen LogP contribution in [0.4, 0.5) is 0 Å². The highest BCUT2D eigenvalue weighted by Gasteiger charge is 2.34. The zero-order valence-corrected chi connectivity index (χ0v) is 18.7. The Balaban J connectivity index is 1.82. The van der Waals surface area contributed by atoms with Crippen LogP contribution in [-0.2, 0) is 4.79 Å². The van der Waals surface area contributed by atoms with Gasteiger partial charge in [0.1, 0.15) is 5.70 Å². The first-order chi connectivity index (χ1) is 15.2. The minimum Gasteiger partial charge on any atom is -0.493 e. The minimum absolute atomic E-state index is 0.167. The van der Waals surface area contributed by atoms with Gasteiger partial charge >= 0.3 is 0 Å². The Hall–Kier alpha value is -3.00. The molecule has 31 heavy (non-hydrogen) atoms. The van der Waals surface area contributed by atoms with Gasteiger partial charge in [0.15, 0.2) is 22.8 Å². The molecule has 0 spiro atoms. The van der Waals surface area contributed by atoms with Gasteiger partial charge in [0.25, 0.3) is 5.91 Å². The van der Waals surface area contributed by atoms with E-state index in [4.69, 9.17) is 19.6 Å². The molecule has 2 aliphatic rings. The van der Waals surface area contributed by atoms with Crippen molar-refractivity contribution in [1.29, 1.82) is 0 Å². The second-order valence-corrected chi connectivity index (χ2v) is 8.20. The third-order valence-electron chi connectivity index (χ3n) is 5.04. The van der Waals surface area contributed by atoms with Gasteiger partial charge in [0, 0.05) is 16.5 Å². The number of ether oxygens (including phenoxy) is 2. The number of carbonyl (C=O) groups excluding carboxylic acids is 1. The lowest BCUT2D eigenvalue weighted by Gasteiger charge is -2.34. The van der Waals surface area contributed by atoms with Crippen LogP contribution in [0.3, 0.4) is 0 Å². The molecule has 0 radical (unpaired) electrons. The Morgan fingerprint density at radius 2 is 2.00 bits per heavy atom. The number of para-hydroxylation sites is 1. The van der Waals surface area contributed by atoms with Crippen molar-refractivity contribution in [2.75, 3.05) is 19.5 Å². The Kier molecular flexibility index (Phi) is 6.46. The minimum atomic E-state index is -0.484. The molecule has 2 aromatic carbocycles. The van der Waals surface area contributed by atoms with E-state index in [1.807, 2.05) is 49.4 Å². The maximum atomic E-state index is 13.1. The number of rotatable bonds is 7. The molecule has 0 aliphatic carbocycles. The first-order valence-corrected chi connectivity index (χ1v) is 11.4. The fourth-order valence-electron chi connectivity index (χ4n) is 3.54. The summed E-state index contributed by atoms with van der Waals surface area (Å²) in [7, 11) is 1.61. The Morgan fingerprint density at radius 3 is 2.77 bits per heavy atom. The number of nitrogens with zero attached hydrogens (tertiary/aromatic N) is 3. The van der Waals surface area contributed by atoms with Crippen molar-refractivity contribution in [3.63, 3.8) is 0 Å². The van der Waals surface area contributed by atoms with Crippen LogP contribution in [0.1, 0.15) is 38.4 Å². The highest BCUT2D eigenvalue weighted by atomic mass is 32.2. The maximum absolute atomic E-state index is 13.1. The third kappa shape index (κ3) is 4.25. The van der Waals surface area contributed by atoms with E-state index in [2.05, 4.69) is 12.2 Å². The second kappa shape index (κ2) is 9.43. The molecule has 0 fully saturated rings. The quantitative estimate of drug-likeness (QED) is 0.673. The van der Waals surface area contributed by atoms with Crippen molar-refractivity contribution in [2.24, 2.45) is 10.1 Å². The average molecular weight is 439 g/mol. The number of hydrogen-bond acceptors (Lipinski definition) is 7. The fraction of sp³-hybridized carbons (Fsp3) is 0.348. The van der Waals surface area contributed by atoms with Crippen molar-refractivity contribution >= 4 is 28.5 Å². The van der Waals surface area contributed by atoms with Gasteiger partial charge in [-0.1, -0.05) is 49.4 Å². The standard InChI is InChI=1S/C23H26N4O3S/c1-4-6-13-31-23-25-22(28)20-16-9-7-8-10-17(16)24-21(27(20)26-23)15-11-12-18(30-5-2)19(14-15)29-3/h7-12,14,21H,4-6,13H2,1-3H3,(H,25,26,28). The average Bonchev–Trinajstić information content (AvgIpc) is 2.79. The number of methoxy groups -OCH3 is 1. The smallest absolute Gasteiger partial charge is 0.276 e. The molecule has 2 aromatic rings. The number of benzene rings is 2. The van der Waals surface area contributed by atoms with E-state index in [9.17, 15) is 4.79 Å². The van der Waals surface area contributed by atoms with Crippen LogP contribution in [0.25, 0.3) is 5.70 Å². The normalized spacial score (nSPS) is 17.2. The van der Waals surface area contributed by atoms with Crippen molar-refractivity contribution in [2.45, 2.75) is 32.9 Å². The topological polar surface area (TPSA) is 75.5 Å². The van der Waals surface area contributed by atoms with E-state index in [0.717, 1.165) is 34.7 Å². The molecule has 4 rings (SSSR count). The Morgan fingerprint density at radius 1 is 1.16 bits per heavy atom. The highest BCUT2D eigenvalue weighted by molar-refractivity contribution is 8.13. The van der Waals surface area contributed by atoms with E-state index in [-0.39, 0.29) is 5.91 Å². The lowest BCUT2D eigenvalue weighted by Crippen LogP contribution is -2.50. The molecular formula is C23H26N4O3S. The van der Waals surface area contributed by atoms with Crippen LogP contribution < -0.4 is 25.4 Å². The molecular weight excluding hydrogens is 412 g/mol. The highest BCUT2D eigenvalue weighted by Crippen LogP contribution is 2.36. The van der Waals surface area contributed by atoms with Crippen molar-refractivity contribution in [1.82, 2.24) is 10.3 Å². The summed E-state index contributed by atoms with van der Waals surface area (Å²) in [4.78, 5) is 18.0. The van der Waals surface area contributed by atoms with Crippen molar-refractivity contribution in [3.05, 3.63) is 58.6 Å². The summed E-state index contributed by atoms with van der Waals surface area (Å²) in [5, 5.41) is 11.6. The van der Waals surface area contributed by atoms with E-state index in [1.165, 1.54) is 0 Å². The zero-order valence-electron chi connectivity index (χ0n) is 17.9. The molecule has 162 valence electrons. The predicted molar refractivity (Wildman–Crippen MR) is 122 cm³/mol. The van der Waals surface area contributed by atoms with Crippen molar-refractivity contribution in [3.8, 4) is 11.5 Å². The molecule has 0 saturated heterocycles. The van der Waals surface area contributed by atoms with Crippen molar-refractivity contribution < 1.29 is 14.3 Å². The first kappa shape index (κ1) is 21.2. The largest absolute Gasteiger partial charge is 0.493 e. The lowest BCUT2D eigenvalue weighted by atomic mass is 10.1. The number of amidine groups is 1. The monoisotopic (exact) mass is 438 g/mol. The van der Waals surface area contributed by atoms with Crippen LogP contribution in [0.5, 0.6) is 11.5 Å². The molecule has 1 unspecified atom stereocenters. The van der Waals surface area contributed by atoms with E-state index < -0.39 is 6.17 Å². The maximum Gasteiger partial charge on any atom is 0.276 e. The number of carbonyl (C=O) groups is 1. The number of amides is 1. The summed E-state index contributed by atoms with van der Waals surface area (Å²) in [5.41, 5.74) is 1.37. The van der Waals surface area contributed by atoms with Gasteiger partial charge in [-0.2, -0.15) is 0 Å². The van der Waals surface area contributed by atoms with Gasteiger partial charge in [0.05, 0.1) is 19.1 Å². The molecule has 0 aromatic heterocycles. The lowest BCUT2D eigenvalue weighted by molar-refractivity contribution is -0.116. The third-order valence-corrected chi connectivity index (χ3v) is 5.99. The predicted octanol–water partition coefficient (Wildman–Crippen LogP) is 2.77. The fourth-order valence-corrected chi connectivity index (χ4v) is 4.48. The summed E-state index contributed by atoms with van der Waals surface area (Å²) in [5.74, 6) is 2.02. The number of thioether (sulfide) groups is 1. The zero-order chi connectivity index (χ0) is 21.8. The first-order valence-electron chi connectivity index (χ1n) is 10.5. The summed E-state index contributed by atoms with van der Waals surface area (Å²) < 4.78 is 11.2. The molecule has 1 N–H and O–H groups in total. The SMILES string of the molecule is CCCCSC1=NN2C(=c3ccccc3=NC2c2ccc(OCC)c(OC)c2)C(=O)N1. The number of fused-ring (bicyclic) bond motifs is 2. The number of nitrogens with one attached hydrogen (secondary N) is 1. The summed E-state index contributed by atoms with van der Waals surface area (Å²) in [6.45, 7) is 4.62. The number of unbranched alkanes of at least 4 members (excludes halogenated alkanes) is 1. The van der Waals surface area contributed by atoms with E-state index in [1.54, 1.807) is 23.9 Å². The van der Waals surface area contributed by atoms with Gasteiger partial charge < -0.3 is 9.47 Å². The molecule has 2 heterocycles. The molecule has 7 nitrogen and oxygen atoms in total. The van der Waals surface area contributed by atoms with Crippen LogP contribution in [0.15, 0.2) is 52.6 Å². The second-order valence-electron chi connectivity index (χ2n) is 7.12. The van der Waals surface area contributed by atoms with Crippen LogP contribution in [0, 0.1) is 0 Å². The Labute approximate surface area is 185 Å². The van der Waals surface area contributed by atoms with Gasteiger partial charge in [-0.05, 0) is 31.5 Å². The van der Waals surface area contributed by atoms with E-state index in [0.29, 0.717) is 29.0 Å². The molecule has 1 amide bonds. The van der Waals surface area contributed by atoms with Gasteiger partial charge in [-0.15, -0.1) is 5.10 Å². The van der Waals surface area contributed by atoms with Gasteiger partial charge in [0.2, 0.25) is 0 Å². The summed E-state index contributed by atoms with van der Waals surface area (Å²) >= 11 is 1.55. The van der Waals surface area contributed by atoms with Crippen LogP contribution >= 0.6 is 11.8 Å². The van der Waals surface area contributed by atoms with E-state index >= 15 is 0 Å². The molecule has 0 saturated carbocycles. The van der Waals surface area contributed by atoms with Crippen LogP contribution in [0.2, 0.25) is 0 Å². The van der Waals surface area contributed by atoms with Gasteiger partial charge in [-0.25, -0.2) is 5.01 Å². The molecule has 2 aliphatic heterocycles. The summed E-state index contributed by atoms with van der Waals surface area (Å²) in [6.07, 6.45) is 1.66. The Bertz CT molecular complexity index is 1130.